The number of nitrogens with one attached hydrogen (secondary N) is 3. The standard InChI is InChI=1S/C30H36N4O4/c1-2-10-25(33-28(35)14-7-9-20-32-27-13-6-8-19-31-27)30(38)34-26(21-29(36)37)24-17-15-23(16-18-24)22-11-4-3-5-12-22/h3-6,8,11-13,15-19,25-26H,2,7,9-10,14,20-21H2,1H3,(H,31,32)(H,33,35)(H,34,38)(H,36,37)/t25-,26?/m1/s1. The number of carbonyl (C=O) groups is 3. The zero-order valence-electron chi connectivity index (χ0n) is 21.7. The van der Waals surface area contributed by atoms with Crippen LogP contribution < -0.4 is 16.0 Å². The summed E-state index contributed by atoms with van der Waals surface area (Å²) in [4.78, 5) is 41.4. The Morgan fingerprint density at radius 1 is 0.868 bits per heavy atom. The molecule has 3 aromatic rings. The molecule has 1 aromatic heterocycles. The van der Waals surface area contributed by atoms with Crippen molar-refractivity contribution in [3.63, 3.8) is 0 Å². The third kappa shape index (κ3) is 9.35. The summed E-state index contributed by atoms with van der Waals surface area (Å²) >= 11 is 0. The van der Waals surface area contributed by atoms with Crippen molar-refractivity contribution < 1.29 is 19.5 Å². The van der Waals surface area contributed by atoms with Gasteiger partial charge in [0.05, 0.1) is 12.5 Å². The van der Waals surface area contributed by atoms with Gasteiger partial charge in [-0.1, -0.05) is 74.0 Å². The lowest BCUT2D eigenvalue weighted by molar-refractivity contribution is -0.138. The van der Waals surface area contributed by atoms with Crippen LogP contribution in [0, 0.1) is 0 Å². The molecule has 38 heavy (non-hydrogen) atoms. The molecule has 1 heterocycles. The maximum atomic E-state index is 13.1. The second-order valence-corrected chi connectivity index (χ2v) is 9.15. The second-order valence-electron chi connectivity index (χ2n) is 9.15. The summed E-state index contributed by atoms with van der Waals surface area (Å²) < 4.78 is 0. The molecule has 0 saturated heterocycles. The Morgan fingerprint density at radius 3 is 2.24 bits per heavy atom. The first-order valence-electron chi connectivity index (χ1n) is 13.1. The highest BCUT2D eigenvalue weighted by Gasteiger charge is 2.25. The summed E-state index contributed by atoms with van der Waals surface area (Å²) in [5, 5.41) is 18.4. The largest absolute Gasteiger partial charge is 0.481 e. The van der Waals surface area contributed by atoms with Crippen LogP contribution in [0.25, 0.3) is 11.1 Å². The first-order valence-corrected chi connectivity index (χ1v) is 13.1. The number of hydrogen-bond donors (Lipinski definition) is 4. The molecular weight excluding hydrogens is 480 g/mol. The monoisotopic (exact) mass is 516 g/mol. The summed E-state index contributed by atoms with van der Waals surface area (Å²) in [5.41, 5.74) is 2.75. The average molecular weight is 517 g/mol. The van der Waals surface area contributed by atoms with E-state index in [4.69, 9.17) is 0 Å². The zero-order chi connectivity index (χ0) is 27.2. The van der Waals surface area contributed by atoms with Crippen molar-refractivity contribution >= 4 is 23.6 Å². The number of amides is 2. The molecule has 2 aromatic carbocycles. The summed E-state index contributed by atoms with van der Waals surface area (Å²) in [6.07, 6.45) is 4.38. The van der Waals surface area contributed by atoms with Gasteiger partial charge >= 0.3 is 5.97 Å². The van der Waals surface area contributed by atoms with Crippen molar-refractivity contribution in [2.24, 2.45) is 0 Å². The number of carbonyl (C=O) groups excluding carboxylic acids is 2. The maximum absolute atomic E-state index is 13.1. The van der Waals surface area contributed by atoms with Crippen molar-refractivity contribution in [2.75, 3.05) is 11.9 Å². The fourth-order valence-corrected chi connectivity index (χ4v) is 4.16. The molecule has 200 valence electrons. The molecule has 4 N–H and O–H groups in total. The minimum absolute atomic E-state index is 0.196. The summed E-state index contributed by atoms with van der Waals surface area (Å²) in [6, 6.07) is 21.6. The Morgan fingerprint density at radius 2 is 1.58 bits per heavy atom. The van der Waals surface area contributed by atoms with E-state index in [9.17, 15) is 19.5 Å². The Labute approximate surface area is 223 Å². The second kappa shape index (κ2) is 15.1. The van der Waals surface area contributed by atoms with E-state index in [2.05, 4.69) is 20.9 Å². The number of aliphatic carboxylic acids is 1. The van der Waals surface area contributed by atoms with Crippen LogP contribution >= 0.6 is 0 Å². The van der Waals surface area contributed by atoms with Crippen LogP contribution in [0.3, 0.4) is 0 Å². The van der Waals surface area contributed by atoms with Crippen molar-refractivity contribution in [2.45, 2.75) is 57.5 Å². The number of nitrogens with zero attached hydrogens (tertiary/aromatic N) is 1. The smallest absolute Gasteiger partial charge is 0.305 e. The molecule has 8 heteroatoms. The molecule has 0 radical (unpaired) electrons. The molecule has 1 unspecified atom stereocenters. The molecule has 2 atom stereocenters. The van der Waals surface area contributed by atoms with E-state index in [1.165, 1.54) is 0 Å². The number of rotatable bonds is 15. The van der Waals surface area contributed by atoms with E-state index in [1.54, 1.807) is 6.20 Å². The highest BCUT2D eigenvalue weighted by Crippen LogP contribution is 2.23. The molecule has 0 aliphatic heterocycles. The Balaban J connectivity index is 1.54. The average Bonchev–Trinajstić information content (AvgIpc) is 2.93. The van der Waals surface area contributed by atoms with Gasteiger partial charge in [0.15, 0.2) is 0 Å². The van der Waals surface area contributed by atoms with Crippen LogP contribution in [0.4, 0.5) is 5.82 Å². The van der Waals surface area contributed by atoms with Crippen LogP contribution in [-0.4, -0.2) is 40.5 Å². The number of pyridine rings is 1. The number of anilines is 1. The number of benzene rings is 2. The number of carboxylic acid groups (broad SMARTS) is 1. The lowest BCUT2D eigenvalue weighted by Crippen LogP contribution is -2.47. The molecule has 0 saturated carbocycles. The summed E-state index contributed by atoms with van der Waals surface area (Å²) in [5.74, 6) is -0.797. The summed E-state index contributed by atoms with van der Waals surface area (Å²) in [7, 11) is 0. The van der Waals surface area contributed by atoms with Gasteiger partial charge in [-0.3, -0.25) is 14.4 Å². The van der Waals surface area contributed by atoms with E-state index in [-0.39, 0.29) is 18.2 Å². The van der Waals surface area contributed by atoms with Crippen molar-refractivity contribution in [1.29, 1.82) is 0 Å². The number of unbranched alkanes of at least 4 members (excludes halogenated alkanes) is 1. The Bertz CT molecular complexity index is 1150. The van der Waals surface area contributed by atoms with Crippen molar-refractivity contribution in [3.05, 3.63) is 84.6 Å². The molecule has 3 rings (SSSR count). The predicted molar refractivity (Wildman–Crippen MR) is 148 cm³/mol. The molecule has 0 bridgehead atoms. The van der Waals surface area contributed by atoms with Crippen LogP contribution in [0.1, 0.15) is 57.1 Å². The highest BCUT2D eigenvalue weighted by atomic mass is 16.4. The van der Waals surface area contributed by atoms with E-state index < -0.39 is 18.1 Å². The van der Waals surface area contributed by atoms with Gasteiger partial charge in [0.1, 0.15) is 11.9 Å². The molecule has 0 spiro atoms. The zero-order valence-corrected chi connectivity index (χ0v) is 21.7. The molecular formula is C30H36N4O4. The highest BCUT2D eigenvalue weighted by molar-refractivity contribution is 5.88. The Kier molecular flexibility index (Phi) is 11.3. The van der Waals surface area contributed by atoms with E-state index in [0.717, 1.165) is 23.4 Å². The van der Waals surface area contributed by atoms with Crippen molar-refractivity contribution in [3.8, 4) is 11.1 Å². The van der Waals surface area contributed by atoms with Gasteiger partial charge in [-0.15, -0.1) is 0 Å². The van der Waals surface area contributed by atoms with Gasteiger partial charge in [0, 0.05) is 19.2 Å². The van der Waals surface area contributed by atoms with Gasteiger partial charge in [-0.25, -0.2) is 4.98 Å². The third-order valence-corrected chi connectivity index (χ3v) is 6.15. The number of aromatic nitrogens is 1. The molecule has 0 aliphatic carbocycles. The van der Waals surface area contributed by atoms with E-state index in [1.807, 2.05) is 79.7 Å². The normalized spacial score (nSPS) is 12.2. The number of hydrogen-bond acceptors (Lipinski definition) is 5. The molecule has 8 nitrogen and oxygen atoms in total. The van der Waals surface area contributed by atoms with Crippen LogP contribution in [0.2, 0.25) is 0 Å². The van der Waals surface area contributed by atoms with Crippen LogP contribution in [-0.2, 0) is 14.4 Å². The van der Waals surface area contributed by atoms with Gasteiger partial charge < -0.3 is 21.1 Å². The fraction of sp³-hybridized carbons (Fsp3) is 0.333. The van der Waals surface area contributed by atoms with Crippen LogP contribution in [0.15, 0.2) is 79.0 Å². The fourth-order valence-electron chi connectivity index (χ4n) is 4.16. The Hall–Kier alpha value is -4.20. The lowest BCUT2D eigenvalue weighted by atomic mass is 9.98. The van der Waals surface area contributed by atoms with Gasteiger partial charge in [0.25, 0.3) is 0 Å². The first kappa shape index (κ1) is 28.4. The van der Waals surface area contributed by atoms with E-state index in [0.29, 0.717) is 37.8 Å². The van der Waals surface area contributed by atoms with Gasteiger partial charge in [0.2, 0.25) is 11.8 Å². The quantitative estimate of drug-likeness (QED) is 0.212. The number of carboxylic acids is 1. The van der Waals surface area contributed by atoms with E-state index >= 15 is 0 Å². The maximum Gasteiger partial charge on any atom is 0.305 e. The van der Waals surface area contributed by atoms with Gasteiger partial charge in [-0.05, 0) is 48.1 Å². The minimum atomic E-state index is -1.02. The van der Waals surface area contributed by atoms with Crippen LogP contribution in [0.5, 0.6) is 0 Å². The lowest BCUT2D eigenvalue weighted by Gasteiger charge is -2.23. The molecule has 2 amide bonds. The third-order valence-electron chi connectivity index (χ3n) is 6.15. The minimum Gasteiger partial charge on any atom is -0.481 e. The topological polar surface area (TPSA) is 120 Å². The SMILES string of the molecule is CCC[C@@H](NC(=O)CCCCNc1ccccn1)C(=O)NC(CC(=O)O)c1ccc(-c2ccccc2)cc1. The first-order chi connectivity index (χ1) is 18.5. The predicted octanol–water partition coefficient (Wildman–Crippen LogP) is 4.95. The molecule has 0 aliphatic rings. The van der Waals surface area contributed by atoms with Crippen molar-refractivity contribution in [1.82, 2.24) is 15.6 Å². The summed E-state index contributed by atoms with van der Waals surface area (Å²) in [6.45, 7) is 2.63. The molecule has 0 fully saturated rings. The van der Waals surface area contributed by atoms with Gasteiger partial charge in [-0.2, -0.15) is 0 Å².